The van der Waals surface area contributed by atoms with Crippen molar-refractivity contribution >= 4 is 27.1 Å². The van der Waals surface area contributed by atoms with Crippen LogP contribution >= 0.6 is 0 Å². The molecule has 10 heteroatoms. The summed E-state index contributed by atoms with van der Waals surface area (Å²) >= 11 is 0. The molecular formula is C24H25F3N2O4S. The van der Waals surface area contributed by atoms with Gasteiger partial charge in [-0.05, 0) is 55.7 Å². The summed E-state index contributed by atoms with van der Waals surface area (Å²) < 4.78 is 73.8. The molecule has 1 N–H and O–H groups in total. The van der Waals surface area contributed by atoms with E-state index < -0.39 is 38.4 Å². The number of hydrogen-bond donors (Lipinski definition) is 1. The van der Waals surface area contributed by atoms with Gasteiger partial charge >= 0.3 is 0 Å². The summed E-state index contributed by atoms with van der Waals surface area (Å²) in [6.07, 6.45) is 3.12. The van der Waals surface area contributed by atoms with E-state index in [1.165, 1.54) is 12.1 Å². The van der Waals surface area contributed by atoms with E-state index in [0.29, 0.717) is 24.4 Å². The molecule has 2 aromatic rings. The van der Waals surface area contributed by atoms with Crippen LogP contribution in [0.5, 0.6) is 0 Å². The number of anilines is 2. The van der Waals surface area contributed by atoms with Crippen LogP contribution in [-0.2, 0) is 14.6 Å². The molecule has 3 fully saturated rings. The van der Waals surface area contributed by atoms with Gasteiger partial charge in [0.15, 0.2) is 27.3 Å². The van der Waals surface area contributed by atoms with E-state index in [2.05, 4.69) is 5.32 Å². The fraction of sp³-hybridized carbons (Fsp3) is 0.458. The average Bonchev–Trinajstić information content (AvgIpc) is 3.45. The van der Waals surface area contributed by atoms with Crippen LogP contribution in [0.4, 0.5) is 24.5 Å². The number of sulfone groups is 1. The number of hydrogen-bond acceptors (Lipinski definition) is 5. The molecule has 2 saturated carbocycles. The summed E-state index contributed by atoms with van der Waals surface area (Å²) in [7, 11) is -0.345. The predicted octanol–water partition coefficient (Wildman–Crippen LogP) is 4.15. The molecule has 3 aliphatic rings. The van der Waals surface area contributed by atoms with E-state index in [1.807, 2.05) is 0 Å². The van der Waals surface area contributed by atoms with Gasteiger partial charge in [-0.1, -0.05) is 0 Å². The molecule has 3 unspecified atom stereocenters. The zero-order valence-corrected chi connectivity index (χ0v) is 19.6. The number of amides is 1. The van der Waals surface area contributed by atoms with E-state index in [9.17, 15) is 26.4 Å². The Morgan fingerprint density at radius 1 is 1.06 bits per heavy atom. The average molecular weight is 495 g/mol. The summed E-state index contributed by atoms with van der Waals surface area (Å²) in [5, 5.41) is 1.77. The second kappa shape index (κ2) is 7.98. The van der Waals surface area contributed by atoms with Gasteiger partial charge < -0.3 is 15.0 Å². The molecule has 1 spiro atoms. The van der Waals surface area contributed by atoms with Crippen molar-refractivity contribution in [3.05, 3.63) is 53.3 Å². The van der Waals surface area contributed by atoms with Crippen LogP contribution in [-0.4, -0.2) is 45.9 Å². The topological polar surface area (TPSA) is 79.0 Å². The first-order valence-corrected chi connectivity index (χ1v) is 12.7. The highest BCUT2D eigenvalue weighted by molar-refractivity contribution is 7.92. The predicted molar refractivity (Wildman–Crippen MR) is 120 cm³/mol. The maximum atomic E-state index is 13.9. The number of nitrogens with one attached hydrogen (secondary N) is 1. The highest BCUT2D eigenvalue weighted by Gasteiger charge is 2.60. The second-order valence-electron chi connectivity index (χ2n) is 9.77. The van der Waals surface area contributed by atoms with Gasteiger partial charge in [-0.25, -0.2) is 21.6 Å². The summed E-state index contributed by atoms with van der Waals surface area (Å²) in [4.78, 5) is 14.5. The Labute approximate surface area is 196 Å². The fourth-order valence-electron chi connectivity index (χ4n) is 5.69. The summed E-state index contributed by atoms with van der Waals surface area (Å²) in [6.45, 7) is 0.690. The van der Waals surface area contributed by atoms with Crippen molar-refractivity contribution < 1.29 is 31.1 Å². The molecule has 6 nitrogen and oxygen atoms in total. The molecule has 2 bridgehead atoms. The summed E-state index contributed by atoms with van der Waals surface area (Å²) in [5.41, 5.74) is 0.0451. The number of benzene rings is 2. The molecule has 0 radical (unpaired) electrons. The number of nitrogens with zero attached hydrogens (tertiary/aromatic N) is 1. The zero-order chi connectivity index (χ0) is 24.4. The van der Waals surface area contributed by atoms with E-state index in [0.717, 1.165) is 25.7 Å². The Morgan fingerprint density at radius 2 is 1.65 bits per heavy atom. The van der Waals surface area contributed by atoms with Crippen molar-refractivity contribution in [2.45, 2.75) is 41.4 Å². The number of carbonyl (C=O) groups excluding carboxylic acids is 1. The summed E-state index contributed by atoms with van der Waals surface area (Å²) in [5.74, 6) is -5.27. The van der Waals surface area contributed by atoms with Crippen molar-refractivity contribution in [1.29, 1.82) is 0 Å². The van der Waals surface area contributed by atoms with Crippen LogP contribution < -0.4 is 10.2 Å². The molecular weight excluding hydrogens is 469 g/mol. The third-order valence-electron chi connectivity index (χ3n) is 7.27. The minimum absolute atomic E-state index is 0.00362. The Hall–Kier alpha value is -2.59. The largest absolute Gasteiger partial charge is 0.377 e. The van der Waals surface area contributed by atoms with Crippen LogP contribution in [0, 0.1) is 29.3 Å². The molecule has 34 heavy (non-hydrogen) atoms. The van der Waals surface area contributed by atoms with Crippen molar-refractivity contribution in [3.63, 3.8) is 0 Å². The van der Waals surface area contributed by atoms with Gasteiger partial charge in [0.1, 0.15) is 0 Å². The third kappa shape index (κ3) is 3.86. The maximum Gasteiger partial charge on any atom is 0.255 e. The fourth-order valence-corrected chi connectivity index (χ4v) is 8.30. The quantitative estimate of drug-likeness (QED) is 0.499. The van der Waals surface area contributed by atoms with Crippen molar-refractivity contribution in [2.75, 3.05) is 30.9 Å². The number of carbonyl (C=O) groups is 1. The first kappa shape index (κ1) is 23.2. The minimum Gasteiger partial charge on any atom is -0.377 e. The highest BCUT2D eigenvalue weighted by Crippen LogP contribution is 2.56. The molecule has 2 aromatic carbocycles. The Morgan fingerprint density at radius 3 is 2.18 bits per heavy atom. The molecule has 0 aromatic heterocycles. The van der Waals surface area contributed by atoms with Gasteiger partial charge in [-0.2, -0.15) is 0 Å². The van der Waals surface area contributed by atoms with Crippen LogP contribution in [0.25, 0.3) is 0 Å². The van der Waals surface area contributed by atoms with Gasteiger partial charge in [-0.15, -0.1) is 0 Å². The lowest BCUT2D eigenvalue weighted by Gasteiger charge is -2.34. The van der Waals surface area contributed by atoms with E-state index in [1.54, 1.807) is 25.1 Å². The van der Waals surface area contributed by atoms with Crippen LogP contribution in [0.2, 0.25) is 0 Å². The number of halogens is 3. The van der Waals surface area contributed by atoms with Gasteiger partial charge in [0, 0.05) is 37.5 Å². The maximum absolute atomic E-state index is 13.9. The van der Waals surface area contributed by atoms with Crippen LogP contribution in [0.1, 0.15) is 36.0 Å². The zero-order valence-electron chi connectivity index (χ0n) is 18.8. The molecule has 2 aliphatic carbocycles. The molecule has 5 rings (SSSR count). The monoisotopic (exact) mass is 494 g/mol. The molecule has 1 saturated heterocycles. The van der Waals surface area contributed by atoms with Gasteiger partial charge in [0.2, 0.25) is 0 Å². The Balaban J connectivity index is 1.48. The van der Waals surface area contributed by atoms with Crippen molar-refractivity contribution in [2.24, 2.45) is 11.8 Å². The SMILES string of the molecule is CN(C)c1ccc(C(=O)Nc2cc(F)c(F)c(F)c2)cc1S(=O)(=O)C1C2CC[C@@H]1CC1(CO1)C2. The number of ether oxygens (including phenoxy) is 1. The third-order valence-corrected chi connectivity index (χ3v) is 9.70. The smallest absolute Gasteiger partial charge is 0.255 e. The lowest BCUT2D eigenvalue weighted by atomic mass is 9.81. The number of epoxide rings is 1. The normalized spacial score (nSPS) is 27.6. The van der Waals surface area contributed by atoms with E-state index >= 15 is 0 Å². The number of fused-ring (bicyclic) bond motifs is 2. The Bertz CT molecular complexity index is 1240. The van der Waals surface area contributed by atoms with E-state index in [4.69, 9.17) is 4.74 Å². The first-order chi connectivity index (χ1) is 16.0. The molecule has 4 atom stereocenters. The molecule has 182 valence electrons. The first-order valence-electron chi connectivity index (χ1n) is 11.2. The molecule has 1 amide bonds. The standard InChI is InChI=1S/C24H25F3N2O4S/c1-29(2)19-6-5-13(23(30)28-16-8-17(25)21(27)18(26)9-16)7-20(19)34(31,32)22-14-3-4-15(22)11-24(10-14)12-33-24/h5-9,14-15,22H,3-4,10-12H2,1-2H3,(H,28,30)/t14-,15?,22?,24?/m1/s1. The molecule has 1 aliphatic heterocycles. The van der Waals surface area contributed by atoms with Crippen LogP contribution in [0.3, 0.4) is 0 Å². The second-order valence-corrected chi connectivity index (χ2v) is 11.8. The number of rotatable bonds is 5. The van der Waals surface area contributed by atoms with Crippen molar-refractivity contribution in [1.82, 2.24) is 0 Å². The lowest BCUT2D eigenvalue weighted by molar-refractivity contribution is 0.102. The lowest BCUT2D eigenvalue weighted by Crippen LogP contribution is -2.41. The molecule has 1 heterocycles. The minimum atomic E-state index is -3.79. The summed E-state index contributed by atoms with van der Waals surface area (Å²) in [6, 6.07) is 5.63. The van der Waals surface area contributed by atoms with E-state index in [-0.39, 0.29) is 33.6 Å². The van der Waals surface area contributed by atoms with Gasteiger partial charge in [0.25, 0.3) is 5.91 Å². The van der Waals surface area contributed by atoms with Gasteiger partial charge in [0.05, 0.1) is 28.0 Å². The Kier molecular flexibility index (Phi) is 5.44. The highest BCUT2D eigenvalue weighted by atomic mass is 32.2. The van der Waals surface area contributed by atoms with Gasteiger partial charge in [-0.3, -0.25) is 4.79 Å². The van der Waals surface area contributed by atoms with Crippen LogP contribution in [0.15, 0.2) is 35.2 Å². The van der Waals surface area contributed by atoms with Crippen molar-refractivity contribution in [3.8, 4) is 0 Å².